The third-order valence-electron chi connectivity index (χ3n) is 2.08. The molecule has 1 rings (SSSR count). The first-order valence-electron chi connectivity index (χ1n) is 5.43. The Morgan fingerprint density at radius 3 is 2.76 bits per heavy atom. The van der Waals surface area contributed by atoms with E-state index in [1.54, 1.807) is 11.4 Å². The second-order valence-electron chi connectivity index (χ2n) is 3.42. The van der Waals surface area contributed by atoms with Crippen molar-refractivity contribution in [3.05, 3.63) is 11.4 Å². The molecule has 0 unspecified atom stereocenters. The molecule has 7 heteroatoms. The first kappa shape index (κ1) is 14.4. The second-order valence-corrected chi connectivity index (χ2v) is 6.30. The molecule has 0 fully saturated rings. The summed E-state index contributed by atoms with van der Waals surface area (Å²) < 4.78 is 31.6. The molecule has 0 aliphatic rings. The van der Waals surface area contributed by atoms with E-state index in [1.807, 2.05) is 0 Å². The molecule has 1 aromatic heterocycles. The van der Waals surface area contributed by atoms with Crippen LogP contribution in [0.5, 0.6) is 5.75 Å². The largest absolute Gasteiger partial charge is 0.494 e. The molecular weight excluding hydrogens is 260 g/mol. The Balaban J connectivity index is 2.51. The molecule has 1 aromatic rings. The number of rotatable bonds is 8. The van der Waals surface area contributed by atoms with E-state index in [0.29, 0.717) is 18.8 Å². The molecule has 0 aromatic carbocycles. The highest BCUT2D eigenvalue weighted by Gasteiger charge is 2.20. The van der Waals surface area contributed by atoms with Crippen molar-refractivity contribution >= 4 is 21.4 Å². The Morgan fingerprint density at radius 2 is 2.12 bits per heavy atom. The lowest BCUT2D eigenvalue weighted by molar-refractivity contribution is 0.406. The fourth-order valence-corrected chi connectivity index (χ4v) is 3.62. The zero-order chi connectivity index (χ0) is 12.7. The van der Waals surface area contributed by atoms with Crippen LogP contribution in [0.2, 0.25) is 0 Å². The van der Waals surface area contributed by atoms with Gasteiger partial charge in [-0.3, -0.25) is 0 Å². The second kappa shape index (κ2) is 6.95. The van der Waals surface area contributed by atoms with E-state index in [0.717, 1.165) is 24.3 Å². The minimum Gasteiger partial charge on any atom is -0.494 e. The predicted octanol–water partition coefficient (Wildman–Crippen LogP) is 1.03. The topological polar surface area (TPSA) is 67.4 Å². The summed E-state index contributed by atoms with van der Waals surface area (Å²) in [5.74, 6) is 0.393. The quantitative estimate of drug-likeness (QED) is 0.697. The maximum Gasteiger partial charge on any atom is 0.253 e. The summed E-state index contributed by atoms with van der Waals surface area (Å²) in [4.78, 5) is 0. The van der Waals surface area contributed by atoms with Crippen molar-refractivity contribution in [2.24, 2.45) is 0 Å². The zero-order valence-corrected chi connectivity index (χ0v) is 11.7. The normalized spacial score (nSPS) is 11.6. The lowest BCUT2D eigenvalue weighted by atomic mass is 10.5. The SMILES string of the molecule is CCCNCCNS(=O)(=O)c1sccc1OC. The monoisotopic (exact) mass is 278 g/mol. The number of thiophene rings is 1. The highest BCUT2D eigenvalue weighted by Crippen LogP contribution is 2.28. The highest BCUT2D eigenvalue weighted by atomic mass is 32.2. The molecule has 0 amide bonds. The molecular formula is C10H18N2O3S2. The van der Waals surface area contributed by atoms with E-state index < -0.39 is 10.0 Å². The van der Waals surface area contributed by atoms with Crippen molar-refractivity contribution in [1.29, 1.82) is 0 Å². The lowest BCUT2D eigenvalue weighted by Gasteiger charge is -2.07. The molecule has 0 saturated heterocycles. The molecule has 0 aliphatic carbocycles. The molecule has 0 radical (unpaired) electrons. The van der Waals surface area contributed by atoms with Gasteiger partial charge in [-0.2, -0.15) is 0 Å². The molecule has 98 valence electrons. The summed E-state index contributed by atoms with van der Waals surface area (Å²) in [6.45, 7) is 3.96. The Morgan fingerprint density at radius 1 is 1.35 bits per heavy atom. The van der Waals surface area contributed by atoms with Gasteiger partial charge in [0.15, 0.2) is 4.21 Å². The molecule has 2 N–H and O–H groups in total. The van der Waals surface area contributed by atoms with Crippen molar-refractivity contribution in [3.63, 3.8) is 0 Å². The molecule has 0 spiro atoms. The van der Waals surface area contributed by atoms with Crippen LogP contribution in [0, 0.1) is 0 Å². The van der Waals surface area contributed by atoms with Gasteiger partial charge in [-0.15, -0.1) is 11.3 Å². The predicted molar refractivity (Wildman–Crippen MR) is 69.2 cm³/mol. The molecule has 0 aliphatic heterocycles. The number of hydrogen-bond acceptors (Lipinski definition) is 5. The first-order valence-corrected chi connectivity index (χ1v) is 7.80. The van der Waals surface area contributed by atoms with Crippen molar-refractivity contribution < 1.29 is 13.2 Å². The van der Waals surface area contributed by atoms with Crippen LogP contribution in [-0.4, -0.2) is 35.2 Å². The summed E-state index contributed by atoms with van der Waals surface area (Å²) in [5, 5.41) is 4.82. The third kappa shape index (κ3) is 4.27. The lowest BCUT2D eigenvalue weighted by Crippen LogP contribution is -2.31. The number of sulfonamides is 1. The minimum atomic E-state index is -3.44. The maximum absolute atomic E-state index is 11.9. The van der Waals surface area contributed by atoms with Crippen molar-refractivity contribution in [2.45, 2.75) is 17.6 Å². The number of nitrogens with one attached hydrogen (secondary N) is 2. The Labute approximate surface area is 106 Å². The molecule has 0 atom stereocenters. The first-order chi connectivity index (χ1) is 8.11. The van der Waals surface area contributed by atoms with Crippen LogP contribution in [0.4, 0.5) is 0 Å². The molecule has 17 heavy (non-hydrogen) atoms. The van der Waals surface area contributed by atoms with Gasteiger partial charge in [0.1, 0.15) is 5.75 Å². The van der Waals surface area contributed by atoms with Gasteiger partial charge in [-0.05, 0) is 24.4 Å². The van der Waals surface area contributed by atoms with E-state index in [9.17, 15) is 8.42 Å². The number of hydrogen-bond donors (Lipinski definition) is 2. The van der Waals surface area contributed by atoms with E-state index in [2.05, 4.69) is 17.0 Å². The van der Waals surface area contributed by atoms with Gasteiger partial charge in [0.2, 0.25) is 0 Å². The smallest absolute Gasteiger partial charge is 0.253 e. The van der Waals surface area contributed by atoms with Crippen LogP contribution in [0.25, 0.3) is 0 Å². The Hall–Kier alpha value is -0.630. The van der Waals surface area contributed by atoms with Crippen LogP contribution in [-0.2, 0) is 10.0 Å². The van der Waals surface area contributed by atoms with Crippen molar-refractivity contribution in [3.8, 4) is 5.75 Å². The average molecular weight is 278 g/mol. The van der Waals surface area contributed by atoms with Crippen molar-refractivity contribution in [2.75, 3.05) is 26.7 Å². The summed E-state index contributed by atoms with van der Waals surface area (Å²) >= 11 is 1.15. The van der Waals surface area contributed by atoms with Gasteiger partial charge in [0.05, 0.1) is 7.11 Å². The van der Waals surface area contributed by atoms with Crippen LogP contribution >= 0.6 is 11.3 Å². The van der Waals surface area contributed by atoms with Gasteiger partial charge in [-0.25, -0.2) is 13.1 Å². The van der Waals surface area contributed by atoms with E-state index >= 15 is 0 Å². The van der Waals surface area contributed by atoms with Gasteiger partial charge in [0.25, 0.3) is 10.0 Å². The minimum absolute atomic E-state index is 0.232. The van der Waals surface area contributed by atoms with Gasteiger partial charge in [0, 0.05) is 13.1 Å². The fraction of sp³-hybridized carbons (Fsp3) is 0.600. The summed E-state index contributed by atoms with van der Waals surface area (Å²) in [6.07, 6.45) is 1.03. The molecule has 5 nitrogen and oxygen atoms in total. The average Bonchev–Trinajstić information content (AvgIpc) is 2.77. The highest BCUT2D eigenvalue weighted by molar-refractivity contribution is 7.91. The molecule has 0 bridgehead atoms. The van der Waals surface area contributed by atoms with Gasteiger partial charge in [-0.1, -0.05) is 6.92 Å². The van der Waals surface area contributed by atoms with Gasteiger partial charge < -0.3 is 10.1 Å². The summed E-state index contributed by atoms with van der Waals surface area (Å²) in [5.41, 5.74) is 0. The van der Waals surface area contributed by atoms with Crippen molar-refractivity contribution in [1.82, 2.24) is 10.0 Å². The van der Waals surface area contributed by atoms with E-state index in [1.165, 1.54) is 7.11 Å². The number of methoxy groups -OCH3 is 1. The van der Waals surface area contributed by atoms with Crippen LogP contribution < -0.4 is 14.8 Å². The van der Waals surface area contributed by atoms with E-state index in [-0.39, 0.29) is 4.21 Å². The fourth-order valence-electron chi connectivity index (χ4n) is 1.27. The maximum atomic E-state index is 11.9. The zero-order valence-electron chi connectivity index (χ0n) is 10.0. The summed E-state index contributed by atoms with van der Waals surface area (Å²) in [7, 11) is -1.98. The van der Waals surface area contributed by atoms with Crippen LogP contribution in [0.1, 0.15) is 13.3 Å². The third-order valence-corrected chi connectivity index (χ3v) is 4.99. The molecule has 1 heterocycles. The van der Waals surface area contributed by atoms with Gasteiger partial charge >= 0.3 is 0 Å². The number of ether oxygens (including phenoxy) is 1. The summed E-state index contributed by atoms with van der Waals surface area (Å²) in [6, 6.07) is 1.65. The van der Waals surface area contributed by atoms with E-state index in [4.69, 9.17) is 4.74 Å². The Bertz CT molecular complexity index is 429. The Kier molecular flexibility index (Phi) is 5.90. The van der Waals surface area contributed by atoms with Crippen LogP contribution in [0.3, 0.4) is 0 Å². The molecule has 0 saturated carbocycles. The standard InChI is InChI=1S/C10H18N2O3S2/c1-3-5-11-6-7-12-17(13,14)10-9(15-2)4-8-16-10/h4,8,11-12H,3,5-7H2,1-2H3. The van der Waals surface area contributed by atoms with Crippen LogP contribution in [0.15, 0.2) is 15.7 Å².